The summed E-state index contributed by atoms with van der Waals surface area (Å²) in [5.41, 5.74) is 5.82. The van der Waals surface area contributed by atoms with Gasteiger partial charge in [0.15, 0.2) is 0 Å². The summed E-state index contributed by atoms with van der Waals surface area (Å²) in [4.78, 5) is 13.6. The van der Waals surface area contributed by atoms with E-state index >= 15 is 0 Å². The van der Waals surface area contributed by atoms with Crippen LogP contribution in [-0.2, 0) is 4.79 Å². The van der Waals surface area contributed by atoms with Gasteiger partial charge < -0.3 is 10.6 Å². The van der Waals surface area contributed by atoms with Crippen molar-refractivity contribution in [1.82, 2.24) is 4.90 Å². The highest BCUT2D eigenvalue weighted by molar-refractivity contribution is 7.99. The second kappa shape index (κ2) is 8.25. The molecule has 0 aromatic heterocycles. The number of hydrogen-bond acceptors (Lipinski definition) is 3. The van der Waals surface area contributed by atoms with Crippen molar-refractivity contribution >= 4 is 30.1 Å². The van der Waals surface area contributed by atoms with Crippen LogP contribution >= 0.6 is 24.2 Å². The summed E-state index contributed by atoms with van der Waals surface area (Å²) in [6.07, 6.45) is 3.26. The molecule has 0 aromatic rings. The lowest BCUT2D eigenvalue weighted by molar-refractivity contribution is -0.129. The van der Waals surface area contributed by atoms with Crippen LogP contribution in [0.5, 0.6) is 0 Å². The van der Waals surface area contributed by atoms with Gasteiger partial charge in [-0.25, -0.2) is 0 Å². The summed E-state index contributed by atoms with van der Waals surface area (Å²) in [5, 5.41) is 0. The van der Waals surface area contributed by atoms with Gasteiger partial charge in [0.2, 0.25) is 5.91 Å². The Morgan fingerprint density at radius 2 is 2.33 bits per heavy atom. The van der Waals surface area contributed by atoms with Gasteiger partial charge in [0, 0.05) is 19.1 Å². The molecule has 90 valence electrons. The lowest BCUT2D eigenvalue weighted by Gasteiger charge is -2.30. The van der Waals surface area contributed by atoms with E-state index in [2.05, 4.69) is 6.92 Å². The molecule has 1 fully saturated rings. The van der Waals surface area contributed by atoms with Crippen molar-refractivity contribution in [3.8, 4) is 0 Å². The van der Waals surface area contributed by atoms with Crippen LogP contribution in [0.15, 0.2) is 0 Å². The largest absolute Gasteiger partial charge is 0.340 e. The third-order valence-electron chi connectivity index (χ3n) is 2.38. The van der Waals surface area contributed by atoms with E-state index < -0.39 is 0 Å². The van der Waals surface area contributed by atoms with E-state index in [1.165, 1.54) is 0 Å². The summed E-state index contributed by atoms with van der Waals surface area (Å²) in [7, 11) is 0. The maximum Gasteiger partial charge on any atom is 0.232 e. The van der Waals surface area contributed by atoms with Gasteiger partial charge in [-0.05, 0) is 25.0 Å². The van der Waals surface area contributed by atoms with E-state index in [4.69, 9.17) is 5.73 Å². The van der Waals surface area contributed by atoms with Gasteiger partial charge in [-0.3, -0.25) is 4.79 Å². The maximum atomic E-state index is 11.7. The molecule has 3 nitrogen and oxygen atoms in total. The average Bonchev–Trinajstić information content (AvgIpc) is 2.18. The Hall–Kier alpha value is 0.0700. The van der Waals surface area contributed by atoms with Crippen molar-refractivity contribution in [1.29, 1.82) is 0 Å². The van der Waals surface area contributed by atoms with Crippen LogP contribution in [0.4, 0.5) is 0 Å². The van der Waals surface area contributed by atoms with E-state index in [1.807, 2.05) is 4.90 Å². The molecular weight excluding hydrogens is 232 g/mol. The number of likely N-dealkylation sites (tertiary alicyclic amines) is 1. The number of nitrogens with zero attached hydrogens (tertiary/aromatic N) is 1. The highest BCUT2D eigenvalue weighted by Crippen LogP contribution is 2.11. The number of rotatable bonds is 4. The minimum Gasteiger partial charge on any atom is -0.340 e. The van der Waals surface area contributed by atoms with Crippen LogP contribution in [0.25, 0.3) is 0 Å². The second-order valence-electron chi connectivity index (χ2n) is 3.79. The third kappa shape index (κ3) is 5.64. The number of halogens is 1. The van der Waals surface area contributed by atoms with Crippen molar-refractivity contribution in [2.75, 3.05) is 24.6 Å². The number of nitrogens with two attached hydrogens (primary N) is 1. The first-order valence-electron chi connectivity index (χ1n) is 5.35. The third-order valence-corrected chi connectivity index (χ3v) is 3.53. The molecule has 1 unspecified atom stereocenters. The number of amides is 1. The zero-order chi connectivity index (χ0) is 10.4. The maximum absolute atomic E-state index is 11.7. The van der Waals surface area contributed by atoms with Gasteiger partial charge >= 0.3 is 0 Å². The Labute approximate surface area is 103 Å². The van der Waals surface area contributed by atoms with Crippen LogP contribution in [-0.4, -0.2) is 41.4 Å². The smallest absolute Gasteiger partial charge is 0.232 e. The predicted octanol–water partition coefficient (Wildman–Crippen LogP) is 1.50. The molecule has 0 bridgehead atoms. The van der Waals surface area contributed by atoms with Gasteiger partial charge in [0.05, 0.1) is 5.75 Å². The van der Waals surface area contributed by atoms with Crippen LogP contribution in [0.3, 0.4) is 0 Å². The van der Waals surface area contributed by atoms with Crippen LogP contribution in [0.2, 0.25) is 0 Å². The lowest BCUT2D eigenvalue weighted by Crippen LogP contribution is -2.46. The van der Waals surface area contributed by atoms with Gasteiger partial charge in [-0.1, -0.05) is 6.92 Å². The van der Waals surface area contributed by atoms with E-state index in [1.54, 1.807) is 11.8 Å². The van der Waals surface area contributed by atoms with Crippen LogP contribution < -0.4 is 5.73 Å². The molecule has 1 amide bonds. The topological polar surface area (TPSA) is 46.3 Å². The van der Waals surface area contributed by atoms with Gasteiger partial charge in [0.1, 0.15) is 0 Å². The van der Waals surface area contributed by atoms with Gasteiger partial charge in [-0.15, -0.1) is 12.4 Å². The summed E-state index contributed by atoms with van der Waals surface area (Å²) in [6.45, 7) is 3.79. The molecular formula is C10H21ClN2OS. The summed E-state index contributed by atoms with van der Waals surface area (Å²) >= 11 is 1.72. The standard InChI is InChI=1S/C10H20N2OS.ClH/c1-2-6-14-8-10(13)12-5-3-4-9(11)7-12;/h9H,2-8,11H2,1H3;1H. The molecule has 5 heteroatoms. The minimum absolute atomic E-state index is 0. The molecule has 0 saturated carbocycles. The molecule has 0 aromatic carbocycles. The number of carbonyl (C=O) groups is 1. The fourth-order valence-electron chi connectivity index (χ4n) is 1.63. The number of hydrogen-bond donors (Lipinski definition) is 1. The number of thioether (sulfide) groups is 1. The normalized spacial score (nSPS) is 20.9. The zero-order valence-corrected chi connectivity index (χ0v) is 10.9. The van der Waals surface area contributed by atoms with Gasteiger partial charge in [0.25, 0.3) is 0 Å². The lowest BCUT2D eigenvalue weighted by atomic mass is 10.1. The average molecular weight is 253 g/mol. The molecule has 1 aliphatic heterocycles. The van der Waals surface area contributed by atoms with Crippen molar-refractivity contribution in [2.45, 2.75) is 32.2 Å². The Balaban J connectivity index is 0.00000196. The monoisotopic (exact) mass is 252 g/mol. The first kappa shape index (κ1) is 15.1. The number of carbonyl (C=O) groups excluding carboxylic acids is 1. The molecule has 1 heterocycles. The highest BCUT2D eigenvalue weighted by Gasteiger charge is 2.20. The second-order valence-corrected chi connectivity index (χ2v) is 4.90. The molecule has 0 spiro atoms. The van der Waals surface area contributed by atoms with Crippen LogP contribution in [0.1, 0.15) is 26.2 Å². The molecule has 0 radical (unpaired) electrons. The Bertz CT molecular complexity index is 192. The first-order valence-corrected chi connectivity index (χ1v) is 6.50. The summed E-state index contributed by atoms with van der Waals surface area (Å²) in [5.74, 6) is 1.96. The van der Waals surface area contributed by atoms with Gasteiger partial charge in [-0.2, -0.15) is 11.8 Å². The highest BCUT2D eigenvalue weighted by atomic mass is 35.5. The van der Waals surface area contributed by atoms with E-state index in [-0.39, 0.29) is 24.4 Å². The minimum atomic E-state index is 0. The predicted molar refractivity (Wildman–Crippen MR) is 68.7 cm³/mol. The van der Waals surface area contributed by atoms with Crippen molar-refractivity contribution in [3.05, 3.63) is 0 Å². The molecule has 1 atom stereocenters. The first-order chi connectivity index (χ1) is 6.74. The van der Waals surface area contributed by atoms with E-state index in [0.717, 1.165) is 38.1 Å². The van der Waals surface area contributed by atoms with Crippen molar-refractivity contribution in [2.24, 2.45) is 5.73 Å². The quantitative estimate of drug-likeness (QED) is 0.772. The Morgan fingerprint density at radius 3 is 2.93 bits per heavy atom. The van der Waals surface area contributed by atoms with E-state index in [0.29, 0.717) is 5.75 Å². The fraction of sp³-hybridized carbons (Fsp3) is 0.900. The van der Waals surface area contributed by atoms with Crippen LogP contribution in [0, 0.1) is 0 Å². The fourth-order valence-corrected chi connectivity index (χ4v) is 2.42. The Morgan fingerprint density at radius 1 is 1.60 bits per heavy atom. The molecule has 15 heavy (non-hydrogen) atoms. The van der Waals surface area contributed by atoms with Crippen molar-refractivity contribution < 1.29 is 4.79 Å². The molecule has 0 aliphatic carbocycles. The summed E-state index contributed by atoms with van der Waals surface area (Å²) < 4.78 is 0. The molecule has 1 aliphatic rings. The molecule has 1 saturated heterocycles. The molecule has 2 N–H and O–H groups in total. The molecule has 1 rings (SSSR count). The summed E-state index contributed by atoms with van der Waals surface area (Å²) in [6, 6.07) is 0.198. The van der Waals surface area contributed by atoms with Crippen molar-refractivity contribution in [3.63, 3.8) is 0 Å². The zero-order valence-electron chi connectivity index (χ0n) is 9.28. The SMILES string of the molecule is CCCSCC(=O)N1CCCC(N)C1.Cl. The number of piperidine rings is 1. The Kier molecular flexibility index (Phi) is 8.29. The van der Waals surface area contributed by atoms with E-state index in [9.17, 15) is 4.79 Å².